The molecule has 0 spiro atoms. The van der Waals surface area contributed by atoms with E-state index in [-0.39, 0.29) is 19.2 Å². The van der Waals surface area contributed by atoms with Crippen LogP contribution in [0.5, 0.6) is 0 Å². The zero-order chi connectivity index (χ0) is 14.3. The van der Waals surface area contributed by atoms with E-state index in [1.54, 1.807) is 0 Å². The van der Waals surface area contributed by atoms with Crippen LogP contribution in [-0.4, -0.2) is 69.0 Å². The van der Waals surface area contributed by atoms with Gasteiger partial charge in [0.25, 0.3) is 0 Å². The number of carboxylic acid groups (broad SMARTS) is 3. The van der Waals surface area contributed by atoms with Gasteiger partial charge in [-0.15, -0.1) is 0 Å². The van der Waals surface area contributed by atoms with Gasteiger partial charge in [-0.1, -0.05) is 6.92 Å². The number of carbonyl (C=O) groups is 3. The molecular formula is C10H20N2O7. The van der Waals surface area contributed by atoms with Crippen LogP contribution in [0.4, 0.5) is 0 Å². The molecule has 0 saturated carbocycles. The molecule has 19 heavy (non-hydrogen) atoms. The molecule has 0 aliphatic rings. The van der Waals surface area contributed by atoms with Crippen LogP contribution in [0.25, 0.3) is 0 Å². The number of aliphatic hydroxyl groups excluding tert-OH is 1. The van der Waals surface area contributed by atoms with Gasteiger partial charge in [0, 0.05) is 6.61 Å². The Balaban J connectivity index is 0. The summed E-state index contributed by atoms with van der Waals surface area (Å²) in [5.41, 5.74) is 0. The summed E-state index contributed by atoms with van der Waals surface area (Å²) in [6, 6.07) is -1.26. The van der Waals surface area contributed by atoms with Crippen LogP contribution < -0.4 is 6.15 Å². The lowest BCUT2D eigenvalue weighted by molar-refractivity contribution is -0.151. The molecule has 0 rings (SSSR count). The Labute approximate surface area is 110 Å². The summed E-state index contributed by atoms with van der Waals surface area (Å²) < 4.78 is 0. The third-order valence-corrected chi connectivity index (χ3v) is 2.45. The number of hydrogen-bond donors (Lipinski definition) is 5. The zero-order valence-electron chi connectivity index (χ0n) is 10.7. The molecule has 9 nitrogen and oxygen atoms in total. The minimum absolute atomic E-state index is 0. The van der Waals surface area contributed by atoms with Gasteiger partial charge in [-0.2, -0.15) is 0 Å². The van der Waals surface area contributed by atoms with E-state index in [1.807, 2.05) is 0 Å². The molecule has 2 atom stereocenters. The Kier molecular flexibility index (Phi) is 9.56. The Morgan fingerprint density at radius 1 is 1.05 bits per heavy atom. The fraction of sp³-hybridized carbons (Fsp3) is 0.700. The maximum absolute atomic E-state index is 11.1. The van der Waals surface area contributed by atoms with Crippen molar-refractivity contribution in [1.82, 2.24) is 11.1 Å². The third kappa shape index (κ3) is 7.34. The Morgan fingerprint density at radius 3 is 1.74 bits per heavy atom. The fourth-order valence-electron chi connectivity index (χ4n) is 1.72. The largest absolute Gasteiger partial charge is 0.480 e. The van der Waals surface area contributed by atoms with Crippen molar-refractivity contribution in [2.24, 2.45) is 5.92 Å². The van der Waals surface area contributed by atoms with Crippen LogP contribution in [-0.2, 0) is 14.4 Å². The minimum Gasteiger partial charge on any atom is -0.480 e. The summed E-state index contributed by atoms with van der Waals surface area (Å²) in [6.45, 7) is -0.0945. The van der Waals surface area contributed by atoms with E-state index in [1.165, 1.54) is 6.92 Å². The van der Waals surface area contributed by atoms with E-state index in [9.17, 15) is 14.4 Å². The van der Waals surface area contributed by atoms with Crippen molar-refractivity contribution in [1.29, 1.82) is 0 Å². The molecule has 7 N–H and O–H groups in total. The number of hydrogen-bond acceptors (Lipinski definition) is 6. The molecule has 0 radical (unpaired) electrons. The molecule has 0 aliphatic heterocycles. The second-order valence-electron chi connectivity index (χ2n) is 3.97. The quantitative estimate of drug-likeness (QED) is 0.358. The predicted octanol–water partition coefficient (Wildman–Crippen LogP) is -0.909. The van der Waals surface area contributed by atoms with Gasteiger partial charge in [0.15, 0.2) is 0 Å². The number of carboxylic acids is 3. The highest BCUT2D eigenvalue weighted by Crippen LogP contribution is 2.15. The lowest BCUT2D eigenvalue weighted by atomic mass is 9.97. The van der Waals surface area contributed by atoms with E-state index in [0.29, 0.717) is 0 Å². The molecule has 9 heteroatoms. The Bertz CT molecular complexity index is 305. The van der Waals surface area contributed by atoms with Crippen molar-refractivity contribution in [3.05, 3.63) is 0 Å². The van der Waals surface area contributed by atoms with E-state index in [0.717, 1.165) is 4.90 Å². The first-order valence-electron chi connectivity index (χ1n) is 5.30. The maximum atomic E-state index is 11.1. The van der Waals surface area contributed by atoms with Crippen LogP contribution in [0.3, 0.4) is 0 Å². The van der Waals surface area contributed by atoms with Crippen LogP contribution in [0.2, 0.25) is 0 Å². The lowest BCUT2D eigenvalue weighted by Gasteiger charge is -2.29. The van der Waals surface area contributed by atoms with Crippen LogP contribution in [0, 0.1) is 5.92 Å². The van der Waals surface area contributed by atoms with Crippen molar-refractivity contribution in [2.75, 3.05) is 19.7 Å². The molecule has 0 fully saturated rings. The molecule has 0 heterocycles. The summed E-state index contributed by atoms with van der Waals surface area (Å²) in [5.74, 6) is -4.48. The molecule has 0 aromatic rings. The summed E-state index contributed by atoms with van der Waals surface area (Å²) in [7, 11) is 0. The molecule has 0 aromatic carbocycles. The SMILES string of the molecule is CC(CCO)C(C(=O)O)N(CC(=O)O)CC(=O)O.N. The monoisotopic (exact) mass is 280 g/mol. The van der Waals surface area contributed by atoms with E-state index in [4.69, 9.17) is 20.4 Å². The first-order valence-corrected chi connectivity index (χ1v) is 5.30. The average molecular weight is 280 g/mol. The standard InChI is InChI=1S/C10H17NO7.H3N/c1-6(2-3-12)9(10(17)18)11(4-7(13)14)5-8(15)16;/h6,9,12H,2-5H2,1H3,(H,13,14)(H,15,16)(H,17,18);1H3. The van der Waals surface area contributed by atoms with Crippen molar-refractivity contribution < 1.29 is 34.8 Å². The highest BCUT2D eigenvalue weighted by molar-refractivity contribution is 5.78. The molecule has 0 aromatic heterocycles. The van der Waals surface area contributed by atoms with Gasteiger partial charge in [-0.05, 0) is 12.3 Å². The second-order valence-corrected chi connectivity index (χ2v) is 3.97. The first-order chi connectivity index (χ1) is 8.29. The zero-order valence-corrected chi connectivity index (χ0v) is 10.7. The van der Waals surface area contributed by atoms with Gasteiger partial charge < -0.3 is 26.6 Å². The van der Waals surface area contributed by atoms with Gasteiger partial charge >= 0.3 is 17.9 Å². The van der Waals surface area contributed by atoms with Crippen LogP contribution in [0.15, 0.2) is 0 Å². The number of aliphatic carboxylic acids is 3. The van der Waals surface area contributed by atoms with Crippen molar-refractivity contribution in [3.63, 3.8) is 0 Å². The second kappa shape index (κ2) is 9.25. The average Bonchev–Trinajstić information content (AvgIpc) is 2.14. The number of aliphatic hydroxyl groups is 1. The smallest absolute Gasteiger partial charge is 0.321 e. The molecular weight excluding hydrogens is 260 g/mol. The number of nitrogens with zero attached hydrogens (tertiary/aromatic N) is 1. The van der Waals surface area contributed by atoms with E-state index >= 15 is 0 Å². The van der Waals surface area contributed by atoms with Gasteiger partial charge in [0.2, 0.25) is 0 Å². The van der Waals surface area contributed by atoms with Crippen LogP contribution >= 0.6 is 0 Å². The van der Waals surface area contributed by atoms with Crippen molar-refractivity contribution in [2.45, 2.75) is 19.4 Å². The van der Waals surface area contributed by atoms with E-state index in [2.05, 4.69) is 0 Å². The normalized spacial score (nSPS) is 13.4. The molecule has 2 unspecified atom stereocenters. The van der Waals surface area contributed by atoms with Gasteiger partial charge in [-0.3, -0.25) is 19.3 Å². The Hall–Kier alpha value is -1.71. The van der Waals surface area contributed by atoms with Crippen LogP contribution in [0.1, 0.15) is 13.3 Å². The predicted molar refractivity (Wildman–Crippen MR) is 64.2 cm³/mol. The molecule has 0 amide bonds. The first kappa shape index (κ1) is 19.6. The van der Waals surface area contributed by atoms with Gasteiger partial charge in [-0.25, -0.2) is 0 Å². The third-order valence-electron chi connectivity index (χ3n) is 2.45. The summed E-state index contributed by atoms with van der Waals surface area (Å²) in [4.78, 5) is 33.2. The summed E-state index contributed by atoms with van der Waals surface area (Å²) in [6.07, 6.45) is 0.146. The fourth-order valence-corrected chi connectivity index (χ4v) is 1.72. The van der Waals surface area contributed by atoms with Gasteiger partial charge in [0.1, 0.15) is 6.04 Å². The highest BCUT2D eigenvalue weighted by atomic mass is 16.4. The molecule has 0 saturated heterocycles. The summed E-state index contributed by atoms with van der Waals surface area (Å²) >= 11 is 0. The molecule has 0 aliphatic carbocycles. The topological polar surface area (TPSA) is 170 Å². The Morgan fingerprint density at radius 2 is 1.47 bits per heavy atom. The summed E-state index contributed by atoms with van der Waals surface area (Å²) in [5, 5.41) is 35.2. The highest BCUT2D eigenvalue weighted by Gasteiger charge is 2.33. The maximum Gasteiger partial charge on any atom is 0.321 e. The number of rotatable bonds is 9. The molecule has 112 valence electrons. The minimum atomic E-state index is -1.31. The lowest BCUT2D eigenvalue weighted by Crippen LogP contribution is -2.49. The van der Waals surface area contributed by atoms with E-state index < -0.39 is 43.0 Å². The molecule has 0 bridgehead atoms. The van der Waals surface area contributed by atoms with Gasteiger partial charge in [0.05, 0.1) is 13.1 Å². The van der Waals surface area contributed by atoms with Crippen molar-refractivity contribution >= 4 is 17.9 Å². The van der Waals surface area contributed by atoms with Crippen molar-refractivity contribution in [3.8, 4) is 0 Å².